The highest BCUT2D eigenvalue weighted by molar-refractivity contribution is 5.97. The summed E-state index contributed by atoms with van der Waals surface area (Å²) < 4.78 is 5.09. The maximum absolute atomic E-state index is 12.9. The second-order valence-electron chi connectivity index (χ2n) is 9.69. The Labute approximate surface area is 224 Å². The number of nitrogens with zero attached hydrogens (tertiary/aromatic N) is 5. The highest BCUT2D eigenvalue weighted by Crippen LogP contribution is 2.29. The number of pyridine rings is 1. The fourth-order valence-electron chi connectivity index (χ4n) is 4.79. The van der Waals surface area contributed by atoms with Crippen LogP contribution in [0.25, 0.3) is 5.57 Å². The van der Waals surface area contributed by atoms with Crippen molar-refractivity contribution in [3.8, 4) is 0 Å². The summed E-state index contributed by atoms with van der Waals surface area (Å²) in [5, 5.41) is 3.09. The van der Waals surface area contributed by atoms with Gasteiger partial charge in [0.2, 0.25) is 0 Å². The summed E-state index contributed by atoms with van der Waals surface area (Å²) in [4.78, 5) is 39.7. The smallest absolute Gasteiger partial charge is 0.410 e. The molecular weight excluding hydrogens is 482 g/mol. The molecule has 0 aliphatic carbocycles. The van der Waals surface area contributed by atoms with Crippen LogP contribution in [-0.4, -0.2) is 90.6 Å². The summed E-state index contributed by atoms with van der Waals surface area (Å²) in [6, 6.07) is 11.6. The first-order valence-corrected chi connectivity index (χ1v) is 13.1. The first-order chi connectivity index (χ1) is 18.4. The van der Waals surface area contributed by atoms with Gasteiger partial charge in [0.25, 0.3) is 5.91 Å². The lowest BCUT2D eigenvalue weighted by molar-refractivity contribution is 0.0663. The molecule has 2 aliphatic rings. The van der Waals surface area contributed by atoms with Crippen molar-refractivity contribution in [2.75, 3.05) is 52.2 Å². The van der Waals surface area contributed by atoms with E-state index in [-0.39, 0.29) is 18.0 Å². The third-order valence-corrected chi connectivity index (χ3v) is 6.98. The topological polar surface area (TPSA) is 116 Å². The van der Waals surface area contributed by atoms with Crippen LogP contribution in [0.3, 0.4) is 0 Å². The number of likely N-dealkylation sites (tertiary alicyclic amines) is 1. The van der Waals surface area contributed by atoms with E-state index in [1.807, 2.05) is 47.4 Å². The molecule has 0 saturated carbocycles. The molecule has 1 fully saturated rings. The molecule has 0 radical (unpaired) electrons. The van der Waals surface area contributed by atoms with Gasteiger partial charge < -0.3 is 30.5 Å². The van der Waals surface area contributed by atoms with Gasteiger partial charge in [0, 0.05) is 55.2 Å². The van der Waals surface area contributed by atoms with Crippen molar-refractivity contribution in [2.24, 2.45) is 10.7 Å². The van der Waals surface area contributed by atoms with E-state index < -0.39 is 0 Å². The van der Waals surface area contributed by atoms with E-state index in [4.69, 9.17) is 10.5 Å². The van der Waals surface area contributed by atoms with E-state index in [1.165, 1.54) is 0 Å². The second kappa shape index (κ2) is 12.6. The molecule has 3 heterocycles. The minimum absolute atomic E-state index is 0.0517. The number of guanidine groups is 1. The van der Waals surface area contributed by atoms with Crippen molar-refractivity contribution < 1.29 is 14.3 Å². The molecule has 2 amide bonds. The van der Waals surface area contributed by atoms with Crippen LogP contribution in [0.15, 0.2) is 53.7 Å². The number of carbonyl (C=O) groups excluding carboxylic acids is 2. The number of benzene rings is 1. The largest absolute Gasteiger partial charge is 0.450 e. The zero-order valence-corrected chi connectivity index (χ0v) is 22.4. The maximum Gasteiger partial charge on any atom is 0.410 e. The Kier molecular flexibility index (Phi) is 8.96. The molecule has 2 aliphatic heterocycles. The van der Waals surface area contributed by atoms with Crippen LogP contribution in [-0.2, 0) is 4.74 Å². The summed E-state index contributed by atoms with van der Waals surface area (Å²) in [6.07, 6.45) is 6.01. The molecule has 4 rings (SSSR count). The number of carbonyl (C=O) groups is 2. The number of aromatic nitrogens is 1. The van der Waals surface area contributed by atoms with E-state index in [2.05, 4.69) is 34.3 Å². The average molecular weight is 520 g/mol. The van der Waals surface area contributed by atoms with Crippen molar-refractivity contribution in [1.29, 1.82) is 0 Å². The van der Waals surface area contributed by atoms with Crippen molar-refractivity contribution >= 4 is 35.0 Å². The lowest BCUT2D eigenvalue weighted by Gasteiger charge is -2.35. The first-order valence-electron chi connectivity index (χ1n) is 13.1. The number of nitrogens with one attached hydrogen (secondary N) is 1. The third-order valence-electron chi connectivity index (χ3n) is 6.98. The summed E-state index contributed by atoms with van der Waals surface area (Å²) in [7, 11) is 4.18. The average Bonchev–Trinajstić information content (AvgIpc) is 2.93. The first kappa shape index (κ1) is 27.1. The van der Waals surface area contributed by atoms with Gasteiger partial charge in [0.15, 0.2) is 11.8 Å². The van der Waals surface area contributed by atoms with Gasteiger partial charge in [0.05, 0.1) is 6.61 Å². The van der Waals surface area contributed by atoms with Crippen molar-refractivity contribution in [1.82, 2.24) is 19.7 Å². The van der Waals surface area contributed by atoms with Crippen molar-refractivity contribution in [2.45, 2.75) is 32.2 Å². The van der Waals surface area contributed by atoms with Crippen LogP contribution >= 0.6 is 0 Å². The van der Waals surface area contributed by atoms with Crippen LogP contribution in [0, 0.1) is 0 Å². The van der Waals surface area contributed by atoms with Crippen LogP contribution in [0.4, 0.5) is 16.3 Å². The number of nitrogens with two attached hydrogens (primary N) is 1. The molecule has 0 atom stereocenters. The second-order valence-corrected chi connectivity index (χ2v) is 9.69. The number of aliphatic imine (C=N–C) groups is 1. The molecule has 10 nitrogen and oxygen atoms in total. The fraction of sp³-hybridized carbons (Fsp3) is 0.429. The van der Waals surface area contributed by atoms with Gasteiger partial charge in [-0.05, 0) is 82.3 Å². The molecule has 1 saturated heterocycles. The Morgan fingerprint density at radius 3 is 2.50 bits per heavy atom. The standard InChI is InChI=1S/C28H37N7O3/c1-4-38-28(37)35-16-11-20(12-17-35)24-6-5-15-30-25(24)32-27(29)31-22-9-7-21(8-10-22)26(36)34-18-13-23(14-19-34)33(2)3/h5-11,15,23H,4,12-14,16-19H2,1-3H3,(H3,29,30,31,32). The van der Waals surface area contributed by atoms with Gasteiger partial charge in [-0.1, -0.05) is 6.08 Å². The van der Waals surface area contributed by atoms with Crippen LogP contribution in [0.1, 0.15) is 42.1 Å². The molecule has 38 heavy (non-hydrogen) atoms. The van der Waals surface area contributed by atoms with Crippen LogP contribution < -0.4 is 11.1 Å². The summed E-state index contributed by atoms with van der Waals surface area (Å²) >= 11 is 0. The number of ether oxygens (including phenoxy) is 1. The molecule has 1 aromatic heterocycles. The Hall–Kier alpha value is -3.92. The fourth-order valence-corrected chi connectivity index (χ4v) is 4.79. The number of amides is 2. The highest BCUT2D eigenvalue weighted by Gasteiger charge is 2.24. The lowest BCUT2D eigenvalue weighted by atomic mass is 10.0. The van der Waals surface area contributed by atoms with Gasteiger partial charge >= 0.3 is 6.09 Å². The van der Waals surface area contributed by atoms with E-state index >= 15 is 0 Å². The van der Waals surface area contributed by atoms with E-state index in [0.717, 1.165) is 42.8 Å². The Morgan fingerprint density at radius 2 is 1.87 bits per heavy atom. The number of anilines is 1. The monoisotopic (exact) mass is 519 g/mol. The predicted octanol–water partition coefficient (Wildman–Crippen LogP) is 3.55. The molecule has 3 N–H and O–H groups in total. The van der Waals surface area contributed by atoms with E-state index in [9.17, 15) is 9.59 Å². The van der Waals surface area contributed by atoms with E-state index in [1.54, 1.807) is 18.0 Å². The van der Waals surface area contributed by atoms with Crippen LogP contribution in [0.2, 0.25) is 0 Å². The highest BCUT2D eigenvalue weighted by atomic mass is 16.6. The zero-order chi connectivity index (χ0) is 27.1. The summed E-state index contributed by atoms with van der Waals surface area (Å²) in [5.41, 5.74) is 9.53. The number of piperidine rings is 1. The minimum Gasteiger partial charge on any atom is -0.450 e. The van der Waals surface area contributed by atoms with Crippen LogP contribution in [0.5, 0.6) is 0 Å². The molecule has 2 aromatic rings. The van der Waals surface area contributed by atoms with E-state index in [0.29, 0.717) is 43.5 Å². The Morgan fingerprint density at radius 1 is 1.13 bits per heavy atom. The minimum atomic E-state index is -0.303. The quantitative estimate of drug-likeness (QED) is 0.443. The molecule has 1 aromatic carbocycles. The van der Waals surface area contributed by atoms with Gasteiger partial charge in [0.1, 0.15) is 0 Å². The molecule has 202 valence electrons. The SMILES string of the molecule is CCOC(=O)N1CC=C(c2cccnc2N=C(N)Nc2ccc(C(=O)N3CCC(N(C)C)CC3)cc2)CC1. The molecule has 0 unspecified atom stereocenters. The zero-order valence-electron chi connectivity index (χ0n) is 22.4. The molecule has 10 heteroatoms. The maximum atomic E-state index is 12.9. The molecular formula is C28H37N7O3. The molecule has 0 bridgehead atoms. The Bertz CT molecular complexity index is 1190. The van der Waals surface area contributed by atoms with Gasteiger partial charge in [-0.2, -0.15) is 4.99 Å². The Balaban J connectivity index is 1.39. The van der Waals surface area contributed by atoms with Gasteiger partial charge in [-0.15, -0.1) is 0 Å². The predicted molar refractivity (Wildman–Crippen MR) is 149 cm³/mol. The number of hydrogen-bond donors (Lipinski definition) is 2. The summed E-state index contributed by atoms with van der Waals surface area (Å²) in [6.45, 7) is 4.73. The normalized spacial score (nSPS) is 16.8. The number of hydrogen-bond acceptors (Lipinski definition) is 6. The van der Waals surface area contributed by atoms with Gasteiger partial charge in [-0.3, -0.25) is 4.79 Å². The molecule has 0 spiro atoms. The lowest BCUT2D eigenvalue weighted by Crippen LogP contribution is -2.44. The third kappa shape index (κ3) is 6.69. The summed E-state index contributed by atoms with van der Waals surface area (Å²) in [5.74, 6) is 0.747. The van der Waals surface area contributed by atoms with Gasteiger partial charge in [-0.25, -0.2) is 9.78 Å². The van der Waals surface area contributed by atoms with Crippen molar-refractivity contribution in [3.05, 3.63) is 59.8 Å². The van der Waals surface area contributed by atoms with Crippen molar-refractivity contribution in [3.63, 3.8) is 0 Å². The number of rotatable bonds is 6.